The van der Waals surface area contributed by atoms with Crippen LogP contribution in [-0.2, 0) is 11.2 Å². The molecular formula is C17H26N2O. The van der Waals surface area contributed by atoms with Crippen LogP contribution in [0.25, 0.3) is 0 Å². The molecule has 0 bridgehead atoms. The number of amides is 1. The predicted octanol–water partition coefficient (Wildman–Crippen LogP) is 2.47. The van der Waals surface area contributed by atoms with Crippen LogP contribution in [0.5, 0.6) is 0 Å². The number of hydrogen-bond acceptors (Lipinski definition) is 2. The van der Waals surface area contributed by atoms with Crippen molar-refractivity contribution in [3.05, 3.63) is 35.9 Å². The Balaban J connectivity index is 1.61. The van der Waals surface area contributed by atoms with Crippen molar-refractivity contribution in [3.63, 3.8) is 0 Å². The van der Waals surface area contributed by atoms with E-state index in [9.17, 15) is 4.79 Å². The minimum atomic E-state index is 0.188. The summed E-state index contributed by atoms with van der Waals surface area (Å²) >= 11 is 0. The summed E-state index contributed by atoms with van der Waals surface area (Å²) in [6, 6.07) is 10.7. The van der Waals surface area contributed by atoms with Crippen LogP contribution in [-0.4, -0.2) is 37.5 Å². The average Bonchev–Trinajstić information content (AvgIpc) is 2.50. The molecule has 3 heteroatoms. The van der Waals surface area contributed by atoms with Crippen molar-refractivity contribution in [2.24, 2.45) is 5.92 Å². The van der Waals surface area contributed by atoms with E-state index >= 15 is 0 Å². The zero-order valence-corrected chi connectivity index (χ0v) is 12.5. The van der Waals surface area contributed by atoms with Crippen LogP contribution in [0.2, 0.25) is 0 Å². The maximum absolute atomic E-state index is 11.4. The molecule has 0 radical (unpaired) electrons. The highest BCUT2D eigenvalue weighted by molar-refractivity contribution is 5.75. The number of carbonyl (C=O) groups excluding carboxylic acids is 1. The molecular weight excluding hydrogens is 248 g/mol. The van der Waals surface area contributed by atoms with Gasteiger partial charge in [-0.3, -0.25) is 4.79 Å². The van der Waals surface area contributed by atoms with Gasteiger partial charge in [0.1, 0.15) is 0 Å². The Morgan fingerprint density at radius 1 is 1.25 bits per heavy atom. The molecule has 0 aliphatic carbocycles. The largest absolute Gasteiger partial charge is 0.359 e. The van der Waals surface area contributed by atoms with Gasteiger partial charge in [-0.25, -0.2) is 0 Å². The molecule has 0 aromatic heterocycles. The van der Waals surface area contributed by atoms with Gasteiger partial charge >= 0.3 is 0 Å². The Bertz CT molecular complexity index is 397. The number of piperidine rings is 1. The van der Waals surface area contributed by atoms with Crippen LogP contribution in [0.4, 0.5) is 0 Å². The molecule has 3 nitrogen and oxygen atoms in total. The summed E-state index contributed by atoms with van der Waals surface area (Å²) in [5.74, 6) is 0.771. The molecule has 0 unspecified atom stereocenters. The van der Waals surface area contributed by atoms with Crippen molar-refractivity contribution in [3.8, 4) is 0 Å². The smallest absolute Gasteiger partial charge is 0.220 e. The summed E-state index contributed by atoms with van der Waals surface area (Å²) in [5, 5.41) is 2.72. The molecule has 1 aliphatic rings. The first-order valence-electron chi connectivity index (χ1n) is 7.75. The summed E-state index contributed by atoms with van der Waals surface area (Å²) < 4.78 is 0. The molecule has 0 atom stereocenters. The van der Waals surface area contributed by atoms with Crippen LogP contribution in [0, 0.1) is 5.92 Å². The fourth-order valence-corrected chi connectivity index (χ4v) is 2.93. The van der Waals surface area contributed by atoms with Crippen molar-refractivity contribution >= 4 is 5.91 Å². The maximum Gasteiger partial charge on any atom is 0.220 e. The average molecular weight is 274 g/mol. The van der Waals surface area contributed by atoms with E-state index in [1.165, 1.54) is 37.8 Å². The number of nitrogens with one attached hydrogen (secondary N) is 1. The third-order valence-electron chi connectivity index (χ3n) is 4.24. The maximum atomic E-state index is 11.4. The standard InChI is InChI=1S/C17H26N2O/c1-18-17(20)14-16-9-12-19(13-10-16)11-5-8-15-6-3-2-4-7-15/h2-4,6-7,16H,5,8-14H2,1H3,(H,18,20). The summed E-state index contributed by atoms with van der Waals surface area (Å²) in [5.41, 5.74) is 1.43. The van der Waals surface area contributed by atoms with Crippen molar-refractivity contribution in [2.75, 3.05) is 26.7 Å². The van der Waals surface area contributed by atoms with Crippen LogP contribution >= 0.6 is 0 Å². The number of aryl methyl sites for hydroxylation is 1. The van der Waals surface area contributed by atoms with Crippen molar-refractivity contribution in [1.82, 2.24) is 10.2 Å². The highest BCUT2D eigenvalue weighted by atomic mass is 16.1. The van der Waals surface area contributed by atoms with E-state index in [-0.39, 0.29) is 5.91 Å². The first-order valence-corrected chi connectivity index (χ1v) is 7.75. The Morgan fingerprint density at radius 3 is 2.60 bits per heavy atom. The molecule has 1 aromatic rings. The van der Waals surface area contributed by atoms with E-state index in [0.717, 1.165) is 13.1 Å². The van der Waals surface area contributed by atoms with Crippen molar-refractivity contribution in [2.45, 2.75) is 32.1 Å². The molecule has 1 aliphatic heterocycles. The molecule has 1 heterocycles. The number of benzene rings is 1. The van der Waals surface area contributed by atoms with E-state index in [1.807, 2.05) is 0 Å². The molecule has 1 amide bonds. The normalized spacial score (nSPS) is 17.1. The molecule has 20 heavy (non-hydrogen) atoms. The number of rotatable bonds is 6. The molecule has 1 fully saturated rings. The Labute approximate surface area is 122 Å². The lowest BCUT2D eigenvalue weighted by Crippen LogP contribution is -2.36. The first-order chi connectivity index (χ1) is 9.78. The van der Waals surface area contributed by atoms with Gasteiger partial charge in [0, 0.05) is 13.5 Å². The number of carbonyl (C=O) groups is 1. The summed E-state index contributed by atoms with van der Waals surface area (Å²) in [4.78, 5) is 13.9. The van der Waals surface area contributed by atoms with E-state index < -0.39 is 0 Å². The van der Waals surface area contributed by atoms with Crippen LogP contribution in [0.15, 0.2) is 30.3 Å². The third kappa shape index (κ3) is 4.97. The number of hydrogen-bond donors (Lipinski definition) is 1. The van der Waals surface area contributed by atoms with Gasteiger partial charge in [0.2, 0.25) is 5.91 Å². The highest BCUT2D eigenvalue weighted by Crippen LogP contribution is 2.20. The summed E-state index contributed by atoms with van der Waals surface area (Å²) in [7, 11) is 1.72. The van der Waals surface area contributed by atoms with Gasteiger partial charge in [-0.05, 0) is 56.8 Å². The Hall–Kier alpha value is -1.35. The van der Waals surface area contributed by atoms with Crippen molar-refractivity contribution < 1.29 is 4.79 Å². The van der Waals surface area contributed by atoms with E-state index in [2.05, 4.69) is 40.5 Å². The third-order valence-corrected chi connectivity index (χ3v) is 4.24. The molecule has 1 aromatic carbocycles. The minimum Gasteiger partial charge on any atom is -0.359 e. The fraction of sp³-hybridized carbons (Fsp3) is 0.588. The van der Waals surface area contributed by atoms with Crippen LogP contribution in [0.1, 0.15) is 31.2 Å². The molecule has 0 saturated carbocycles. The van der Waals surface area contributed by atoms with E-state index in [0.29, 0.717) is 12.3 Å². The van der Waals surface area contributed by atoms with Crippen molar-refractivity contribution in [1.29, 1.82) is 0 Å². The Morgan fingerprint density at radius 2 is 1.95 bits per heavy atom. The predicted molar refractivity (Wildman–Crippen MR) is 82.6 cm³/mol. The Kier molecular flexibility index (Phi) is 6.06. The molecule has 2 rings (SSSR count). The second-order valence-electron chi connectivity index (χ2n) is 5.75. The second kappa shape index (κ2) is 8.05. The molecule has 110 valence electrons. The zero-order valence-electron chi connectivity index (χ0n) is 12.5. The molecule has 1 N–H and O–H groups in total. The monoisotopic (exact) mass is 274 g/mol. The molecule has 0 spiro atoms. The fourth-order valence-electron chi connectivity index (χ4n) is 2.93. The van der Waals surface area contributed by atoms with Gasteiger partial charge in [-0.15, -0.1) is 0 Å². The van der Waals surface area contributed by atoms with Gasteiger partial charge < -0.3 is 10.2 Å². The summed E-state index contributed by atoms with van der Waals surface area (Å²) in [6.07, 6.45) is 5.43. The van der Waals surface area contributed by atoms with Crippen LogP contribution < -0.4 is 5.32 Å². The van der Waals surface area contributed by atoms with Gasteiger partial charge in [0.25, 0.3) is 0 Å². The number of nitrogens with zero attached hydrogens (tertiary/aromatic N) is 1. The zero-order chi connectivity index (χ0) is 14.2. The first kappa shape index (κ1) is 15.0. The van der Waals surface area contributed by atoms with E-state index in [4.69, 9.17) is 0 Å². The second-order valence-corrected chi connectivity index (χ2v) is 5.75. The number of likely N-dealkylation sites (tertiary alicyclic amines) is 1. The quantitative estimate of drug-likeness (QED) is 0.864. The van der Waals surface area contributed by atoms with Gasteiger partial charge in [-0.2, -0.15) is 0 Å². The lowest BCUT2D eigenvalue weighted by Gasteiger charge is -2.31. The topological polar surface area (TPSA) is 32.3 Å². The van der Waals surface area contributed by atoms with Crippen LogP contribution in [0.3, 0.4) is 0 Å². The minimum absolute atomic E-state index is 0.188. The van der Waals surface area contributed by atoms with Gasteiger partial charge in [-0.1, -0.05) is 30.3 Å². The highest BCUT2D eigenvalue weighted by Gasteiger charge is 2.20. The molecule has 1 saturated heterocycles. The summed E-state index contributed by atoms with van der Waals surface area (Å²) in [6.45, 7) is 3.48. The van der Waals surface area contributed by atoms with E-state index in [1.54, 1.807) is 7.05 Å². The SMILES string of the molecule is CNC(=O)CC1CCN(CCCc2ccccc2)CC1. The van der Waals surface area contributed by atoms with Gasteiger partial charge in [0.15, 0.2) is 0 Å². The lowest BCUT2D eigenvalue weighted by atomic mass is 9.93. The lowest BCUT2D eigenvalue weighted by molar-refractivity contribution is -0.121. The van der Waals surface area contributed by atoms with Gasteiger partial charge in [0.05, 0.1) is 0 Å².